The molecule has 18 heavy (non-hydrogen) atoms. The molecule has 108 valence electrons. The van der Waals surface area contributed by atoms with E-state index >= 15 is 0 Å². The molecule has 0 saturated carbocycles. The number of rotatable bonds is 7. The van der Waals surface area contributed by atoms with E-state index in [0.29, 0.717) is 4.31 Å². The first-order valence-electron chi connectivity index (χ1n) is 5.16. The van der Waals surface area contributed by atoms with E-state index in [4.69, 9.17) is 0 Å². The van der Waals surface area contributed by atoms with Gasteiger partial charge in [0, 0.05) is 20.0 Å². The number of carbonyl (C=O) groups is 1. The summed E-state index contributed by atoms with van der Waals surface area (Å²) < 4.78 is 63.8. The third-order valence-electron chi connectivity index (χ3n) is 2.20. The van der Waals surface area contributed by atoms with Gasteiger partial charge in [-0.1, -0.05) is 0 Å². The Morgan fingerprint density at radius 2 is 1.89 bits per heavy atom. The molecule has 0 aromatic carbocycles. The molecule has 0 unspecified atom stereocenters. The molecule has 0 aromatic rings. The lowest BCUT2D eigenvalue weighted by Gasteiger charge is -2.17. The lowest BCUT2D eigenvalue weighted by molar-refractivity contribution is -0.140. The number of ether oxygens (including phenoxy) is 1. The highest BCUT2D eigenvalue weighted by Crippen LogP contribution is 2.20. The molecule has 0 atom stereocenters. The van der Waals surface area contributed by atoms with E-state index < -0.39 is 35.1 Å². The fraction of sp³-hybridized carbons (Fsp3) is 0.889. The number of hydrogen-bond donors (Lipinski definition) is 0. The van der Waals surface area contributed by atoms with Crippen LogP contribution in [0.1, 0.15) is 19.3 Å². The SMILES string of the molecule is COC(=O)CCCS(=O)(=O)N(C)CCC(F)(F)F. The van der Waals surface area contributed by atoms with Crippen molar-refractivity contribution in [3.63, 3.8) is 0 Å². The van der Waals surface area contributed by atoms with Crippen LogP contribution in [0.3, 0.4) is 0 Å². The summed E-state index contributed by atoms with van der Waals surface area (Å²) in [5.74, 6) is -0.931. The molecule has 0 saturated heterocycles. The minimum atomic E-state index is -4.39. The monoisotopic (exact) mass is 291 g/mol. The largest absolute Gasteiger partial charge is 0.469 e. The number of halogens is 3. The Balaban J connectivity index is 4.16. The first-order chi connectivity index (χ1) is 8.08. The van der Waals surface area contributed by atoms with Crippen LogP contribution in [0.15, 0.2) is 0 Å². The van der Waals surface area contributed by atoms with Crippen molar-refractivity contribution in [2.75, 3.05) is 26.5 Å². The van der Waals surface area contributed by atoms with Crippen LogP contribution in [0.2, 0.25) is 0 Å². The van der Waals surface area contributed by atoms with Crippen molar-refractivity contribution in [3.8, 4) is 0 Å². The fourth-order valence-corrected chi connectivity index (χ4v) is 2.27. The van der Waals surface area contributed by atoms with Crippen LogP contribution in [0.5, 0.6) is 0 Å². The summed E-state index contributed by atoms with van der Waals surface area (Å²) in [6.07, 6.45) is -5.65. The van der Waals surface area contributed by atoms with Crippen molar-refractivity contribution < 1.29 is 31.1 Å². The minimum Gasteiger partial charge on any atom is -0.469 e. The molecule has 5 nitrogen and oxygen atoms in total. The van der Waals surface area contributed by atoms with E-state index in [1.54, 1.807) is 0 Å². The molecule has 0 aliphatic heterocycles. The van der Waals surface area contributed by atoms with Crippen LogP contribution in [0.4, 0.5) is 13.2 Å². The van der Waals surface area contributed by atoms with E-state index in [1.807, 2.05) is 0 Å². The number of alkyl halides is 3. The molecule has 0 spiro atoms. The second-order valence-electron chi connectivity index (χ2n) is 3.68. The lowest BCUT2D eigenvalue weighted by atomic mass is 10.3. The highest BCUT2D eigenvalue weighted by molar-refractivity contribution is 7.89. The average molecular weight is 291 g/mol. The summed E-state index contributed by atoms with van der Waals surface area (Å²) in [6.45, 7) is -0.621. The van der Waals surface area contributed by atoms with E-state index in [2.05, 4.69) is 4.74 Å². The Hall–Kier alpha value is -0.830. The predicted molar refractivity (Wildman–Crippen MR) is 58.3 cm³/mol. The zero-order valence-corrected chi connectivity index (χ0v) is 11.0. The molecule has 0 aromatic heterocycles. The molecule has 0 radical (unpaired) electrons. The third kappa shape index (κ3) is 7.49. The summed E-state index contributed by atoms with van der Waals surface area (Å²) in [6, 6.07) is 0. The van der Waals surface area contributed by atoms with E-state index in [9.17, 15) is 26.4 Å². The maximum absolute atomic E-state index is 11.9. The summed E-state index contributed by atoms with van der Waals surface area (Å²) >= 11 is 0. The first kappa shape index (κ1) is 17.2. The van der Waals surface area contributed by atoms with Gasteiger partial charge in [0.1, 0.15) is 0 Å². The number of sulfonamides is 1. The van der Waals surface area contributed by atoms with Gasteiger partial charge in [-0.25, -0.2) is 12.7 Å². The quantitative estimate of drug-likeness (QED) is 0.660. The van der Waals surface area contributed by atoms with Gasteiger partial charge in [-0.2, -0.15) is 13.2 Å². The van der Waals surface area contributed by atoms with Gasteiger partial charge < -0.3 is 4.74 Å². The van der Waals surface area contributed by atoms with E-state index in [0.717, 1.165) is 7.05 Å². The molecule has 0 aliphatic rings. The van der Waals surface area contributed by atoms with Crippen LogP contribution >= 0.6 is 0 Å². The van der Waals surface area contributed by atoms with Crippen molar-refractivity contribution in [3.05, 3.63) is 0 Å². The second-order valence-corrected chi connectivity index (χ2v) is 5.88. The number of nitrogens with zero attached hydrogens (tertiary/aromatic N) is 1. The van der Waals surface area contributed by atoms with Crippen molar-refractivity contribution >= 4 is 16.0 Å². The Kier molecular flexibility index (Phi) is 6.61. The molecule has 0 N–H and O–H groups in total. The Morgan fingerprint density at radius 1 is 1.33 bits per heavy atom. The average Bonchev–Trinajstić information content (AvgIpc) is 2.24. The van der Waals surface area contributed by atoms with Crippen LogP contribution in [-0.2, 0) is 19.6 Å². The van der Waals surface area contributed by atoms with Gasteiger partial charge in [0.25, 0.3) is 0 Å². The van der Waals surface area contributed by atoms with Crippen molar-refractivity contribution in [2.24, 2.45) is 0 Å². The van der Waals surface area contributed by atoms with Gasteiger partial charge in [-0.3, -0.25) is 4.79 Å². The molecule has 0 bridgehead atoms. The van der Waals surface area contributed by atoms with Gasteiger partial charge in [0.05, 0.1) is 19.3 Å². The van der Waals surface area contributed by atoms with Gasteiger partial charge in [0.15, 0.2) is 0 Å². The number of esters is 1. The predicted octanol–water partition coefficient (Wildman–Crippen LogP) is 1.15. The molecule has 0 heterocycles. The Morgan fingerprint density at radius 3 is 2.33 bits per heavy atom. The molecule has 0 rings (SSSR count). The summed E-state index contributed by atoms with van der Waals surface area (Å²) in [5, 5.41) is 0. The molecule has 9 heteroatoms. The smallest absolute Gasteiger partial charge is 0.390 e. The molecular weight excluding hydrogens is 275 g/mol. The zero-order valence-electron chi connectivity index (χ0n) is 10.2. The maximum atomic E-state index is 11.9. The fourth-order valence-electron chi connectivity index (χ4n) is 1.08. The summed E-state index contributed by atoms with van der Waals surface area (Å²) in [4.78, 5) is 10.7. The Labute approximate surface area is 104 Å². The van der Waals surface area contributed by atoms with Crippen molar-refractivity contribution in [1.29, 1.82) is 0 Å². The van der Waals surface area contributed by atoms with Gasteiger partial charge in [-0.15, -0.1) is 0 Å². The van der Waals surface area contributed by atoms with Crippen LogP contribution in [0, 0.1) is 0 Å². The molecule has 0 amide bonds. The second kappa shape index (κ2) is 6.93. The van der Waals surface area contributed by atoms with Crippen molar-refractivity contribution in [2.45, 2.75) is 25.4 Å². The van der Waals surface area contributed by atoms with Gasteiger partial charge >= 0.3 is 12.1 Å². The summed E-state index contributed by atoms with van der Waals surface area (Å²) in [5.41, 5.74) is 0. The highest BCUT2D eigenvalue weighted by atomic mass is 32.2. The topological polar surface area (TPSA) is 63.7 Å². The normalized spacial score (nSPS) is 12.8. The standard InChI is InChI=1S/C9H16F3NO4S/c1-13(6-5-9(10,11)12)18(15,16)7-3-4-8(14)17-2/h3-7H2,1-2H3. The van der Waals surface area contributed by atoms with Crippen LogP contribution < -0.4 is 0 Å². The number of hydrogen-bond acceptors (Lipinski definition) is 4. The lowest BCUT2D eigenvalue weighted by Crippen LogP contribution is -2.32. The molecule has 0 aliphatic carbocycles. The van der Waals surface area contributed by atoms with Crippen molar-refractivity contribution in [1.82, 2.24) is 4.31 Å². The number of methoxy groups -OCH3 is 1. The van der Waals surface area contributed by atoms with Gasteiger partial charge in [0.2, 0.25) is 10.0 Å². The maximum Gasteiger partial charge on any atom is 0.390 e. The van der Waals surface area contributed by atoms with E-state index in [-0.39, 0.29) is 18.6 Å². The zero-order chi connectivity index (χ0) is 14.4. The third-order valence-corrected chi connectivity index (χ3v) is 4.13. The van der Waals surface area contributed by atoms with Crippen LogP contribution in [-0.4, -0.2) is 51.3 Å². The van der Waals surface area contributed by atoms with E-state index in [1.165, 1.54) is 7.11 Å². The van der Waals surface area contributed by atoms with Gasteiger partial charge in [-0.05, 0) is 6.42 Å². The summed E-state index contributed by atoms with van der Waals surface area (Å²) in [7, 11) is -1.51. The Bertz CT molecular complexity index is 366. The highest BCUT2D eigenvalue weighted by Gasteiger charge is 2.29. The molecular formula is C9H16F3NO4S. The first-order valence-corrected chi connectivity index (χ1v) is 6.77. The molecule has 0 fully saturated rings. The number of carbonyl (C=O) groups excluding carboxylic acids is 1. The minimum absolute atomic E-state index is 0.0192. The van der Waals surface area contributed by atoms with Crippen LogP contribution in [0.25, 0.3) is 0 Å².